The van der Waals surface area contributed by atoms with Crippen molar-refractivity contribution in [2.75, 3.05) is 6.61 Å². The molecule has 4 N–H and O–H groups in total. The Bertz CT molecular complexity index is 865. The molecule has 1 rings (SSSR count). The lowest BCUT2D eigenvalue weighted by Gasteiger charge is -2.46. The second kappa shape index (κ2) is 20.9. The summed E-state index contributed by atoms with van der Waals surface area (Å²) in [6.07, 6.45) is 5.42. The summed E-state index contributed by atoms with van der Waals surface area (Å²) in [5, 5.41) is 12.2. The predicted octanol–water partition coefficient (Wildman–Crippen LogP) is 2.70. The SMILES string of the molecule is CCCCCCCCCC(=O)N[C@H]1[C@@H](OP(=O)([O-])O)O[C@H](CO)[C@@H](OP(=O)([O-])O)[C@@H]1OC(=O)CCCCCCCCC. The van der Waals surface area contributed by atoms with Crippen molar-refractivity contribution in [1.82, 2.24) is 5.32 Å². The summed E-state index contributed by atoms with van der Waals surface area (Å²) in [5.41, 5.74) is 0. The molecule has 1 aliphatic rings. The van der Waals surface area contributed by atoms with Gasteiger partial charge in [0.05, 0.1) is 6.61 Å². The Hall–Kier alpha value is -0.920. The van der Waals surface area contributed by atoms with Gasteiger partial charge in [-0.15, -0.1) is 0 Å². The van der Waals surface area contributed by atoms with E-state index in [1.54, 1.807) is 0 Å². The molecule has 7 atom stereocenters. The van der Waals surface area contributed by atoms with Crippen molar-refractivity contribution in [2.45, 2.75) is 147 Å². The number of hydrogen-bond donors (Lipinski definition) is 4. The van der Waals surface area contributed by atoms with Crippen LogP contribution < -0.4 is 15.1 Å². The Labute approximate surface area is 248 Å². The summed E-state index contributed by atoms with van der Waals surface area (Å²) in [4.78, 5) is 67.6. The molecule has 0 aromatic heterocycles. The first-order valence-electron chi connectivity index (χ1n) is 15.0. The number of esters is 1. The minimum Gasteiger partial charge on any atom is -0.756 e. The summed E-state index contributed by atoms with van der Waals surface area (Å²) >= 11 is 0. The number of hydrogen-bond acceptors (Lipinski definition) is 11. The first-order valence-corrected chi connectivity index (χ1v) is 18.0. The van der Waals surface area contributed by atoms with Gasteiger partial charge in [0.25, 0.3) is 15.6 Å². The number of phosphoric acid groups is 2. The topological polar surface area (TPSA) is 224 Å². The Morgan fingerprint density at radius 1 is 0.762 bits per heavy atom. The number of carbonyl (C=O) groups is 2. The number of nitrogens with one attached hydrogen (secondary N) is 1. The van der Waals surface area contributed by atoms with E-state index in [0.29, 0.717) is 12.8 Å². The number of carbonyl (C=O) groups excluding carboxylic acids is 2. The van der Waals surface area contributed by atoms with Gasteiger partial charge in [0.2, 0.25) is 5.91 Å². The summed E-state index contributed by atoms with van der Waals surface area (Å²) in [6.45, 7) is 3.22. The lowest BCUT2D eigenvalue weighted by molar-refractivity contribution is -0.290. The average Bonchev–Trinajstić information content (AvgIpc) is 2.89. The van der Waals surface area contributed by atoms with Crippen LogP contribution in [-0.4, -0.2) is 64.0 Å². The summed E-state index contributed by atoms with van der Waals surface area (Å²) in [6, 6.07) is -1.69. The first-order chi connectivity index (χ1) is 19.8. The van der Waals surface area contributed by atoms with Crippen LogP contribution in [0.5, 0.6) is 0 Å². The lowest BCUT2D eigenvalue weighted by Crippen LogP contribution is -2.66. The van der Waals surface area contributed by atoms with E-state index in [-0.39, 0.29) is 12.8 Å². The van der Waals surface area contributed by atoms with Crippen molar-refractivity contribution in [3.63, 3.8) is 0 Å². The van der Waals surface area contributed by atoms with Gasteiger partial charge in [-0.05, 0) is 12.8 Å². The van der Waals surface area contributed by atoms with Crippen molar-refractivity contribution in [3.05, 3.63) is 0 Å². The van der Waals surface area contributed by atoms with E-state index >= 15 is 0 Å². The summed E-state index contributed by atoms with van der Waals surface area (Å²) in [7, 11) is -11.0. The van der Waals surface area contributed by atoms with E-state index in [0.717, 1.165) is 77.0 Å². The zero-order valence-electron chi connectivity index (χ0n) is 24.7. The molecule has 42 heavy (non-hydrogen) atoms. The highest BCUT2D eigenvalue weighted by atomic mass is 31.2. The highest BCUT2D eigenvalue weighted by molar-refractivity contribution is 7.45. The minimum atomic E-state index is -5.51. The molecule has 0 spiro atoms. The molecule has 14 nitrogen and oxygen atoms in total. The van der Waals surface area contributed by atoms with Crippen LogP contribution in [0.1, 0.15) is 117 Å². The van der Waals surface area contributed by atoms with Crippen LogP contribution in [-0.2, 0) is 37.2 Å². The van der Waals surface area contributed by atoms with Crippen molar-refractivity contribution in [2.24, 2.45) is 0 Å². The van der Waals surface area contributed by atoms with E-state index in [2.05, 4.69) is 28.2 Å². The summed E-state index contributed by atoms with van der Waals surface area (Å²) < 4.78 is 43.3. The maximum atomic E-state index is 12.8. The normalized spacial score (nSPS) is 25.4. The summed E-state index contributed by atoms with van der Waals surface area (Å²) in [5.74, 6) is -1.44. The van der Waals surface area contributed by atoms with Gasteiger partial charge < -0.3 is 44.0 Å². The highest BCUT2D eigenvalue weighted by Gasteiger charge is 2.51. The van der Waals surface area contributed by atoms with Crippen LogP contribution in [0.3, 0.4) is 0 Å². The zero-order valence-corrected chi connectivity index (χ0v) is 26.5. The zero-order chi connectivity index (χ0) is 31.6. The first kappa shape index (κ1) is 39.1. The lowest BCUT2D eigenvalue weighted by atomic mass is 9.96. The molecule has 2 unspecified atom stereocenters. The van der Waals surface area contributed by atoms with Gasteiger partial charge in [0.1, 0.15) is 18.2 Å². The molecule has 0 aromatic rings. The van der Waals surface area contributed by atoms with Crippen LogP contribution in [0, 0.1) is 0 Å². The largest absolute Gasteiger partial charge is 0.756 e. The van der Waals surface area contributed by atoms with Gasteiger partial charge in [-0.3, -0.25) is 23.2 Å². The van der Waals surface area contributed by atoms with E-state index in [1.165, 1.54) is 0 Å². The van der Waals surface area contributed by atoms with Crippen LogP contribution in [0.2, 0.25) is 0 Å². The third-order valence-electron chi connectivity index (χ3n) is 6.91. The Morgan fingerprint density at radius 2 is 1.24 bits per heavy atom. The second-order valence-electron chi connectivity index (χ2n) is 10.6. The predicted molar refractivity (Wildman–Crippen MR) is 148 cm³/mol. The van der Waals surface area contributed by atoms with Crippen LogP contribution in [0.4, 0.5) is 0 Å². The van der Waals surface area contributed by atoms with E-state index < -0.39 is 64.8 Å². The van der Waals surface area contributed by atoms with Gasteiger partial charge in [-0.2, -0.15) is 0 Å². The van der Waals surface area contributed by atoms with E-state index in [4.69, 9.17) is 9.47 Å². The van der Waals surface area contributed by atoms with Crippen molar-refractivity contribution >= 4 is 27.5 Å². The monoisotopic (exact) mass is 645 g/mol. The molecule has 1 fully saturated rings. The number of rotatable bonds is 23. The van der Waals surface area contributed by atoms with Gasteiger partial charge in [0, 0.05) is 12.8 Å². The van der Waals surface area contributed by atoms with Crippen LogP contribution >= 0.6 is 15.6 Å². The fraction of sp³-hybridized carbons (Fsp3) is 0.923. The third kappa shape index (κ3) is 17.4. The van der Waals surface area contributed by atoms with Crippen molar-refractivity contribution < 1.29 is 61.9 Å². The Balaban J connectivity index is 3.06. The molecular formula is C26H49NO13P2-2. The number of amides is 1. The quantitative estimate of drug-likeness (QED) is 0.0713. The van der Waals surface area contributed by atoms with Crippen LogP contribution in [0.15, 0.2) is 0 Å². The molecule has 0 aliphatic carbocycles. The molecule has 0 radical (unpaired) electrons. The molecule has 0 aromatic carbocycles. The van der Waals surface area contributed by atoms with Gasteiger partial charge in [0.15, 0.2) is 12.4 Å². The minimum absolute atomic E-state index is 0.00113. The smallest absolute Gasteiger partial charge is 0.306 e. The van der Waals surface area contributed by atoms with Crippen LogP contribution in [0.25, 0.3) is 0 Å². The fourth-order valence-corrected chi connectivity index (χ4v) is 5.79. The molecule has 16 heteroatoms. The highest BCUT2D eigenvalue weighted by Crippen LogP contribution is 2.42. The average molecular weight is 646 g/mol. The van der Waals surface area contributed by atoms with Gasteiger partial charge >= 0.3 is 5.97 Å². The number of unbranched alkanes of at least 4 members (excludes halogenated alkanes) is 12. The third-order valence-corrected chi connectivity index (χ3v) is 7.89. The molecule has 1 aliphatic heterocycles. The standard InChI is InChI=1S/C26H51NO13P2/c1-3-5-7-9-11-13-15-17-21(29)27-23-25(38-22(30)18-16-14-12-10-8-6-4-2)24(39-41(31,32)33)20(19-28)37-26(23)40-42(34,35)36/h20,23-26,28H,3-19H2,1-2H3,(H,27,29)(H2,31,32,33)(H2,34,35,36)/p-2/t20-,23-,24-,25-,26-/m1/s1. The molecule has 1 heterocycles. The molecule has 0 saturated carbocycles. The molecular weight excluding hydrogens is 596 g/mol. The fourth-order valence-electron chi connectivity index (χ4n) is 4.78. The maximum Gasteiger partial charge on any atom is 0.306 e. The van der Waals surface area contributed by atoms with Crippen molar-refractivity contribution in [1.29, 1.82) is 0 Å². The van der Waals surface area contributed by atoms with E-state index in [9.17, 15) is 43.4 Å². The Kier molecular flexibility index (Phi) is 19.5. The Morgan fingerprint density at radius 3 is 1.71 bits per heavy atom. The number of aliphatic hydroxyl groups excluding tert-OH is 1. The van der Waals surface area contributed by atoms with Gasteiger partial charge in [-0.1, -0.05) is 90.9 Å². The number of ether oxygens (including phenoxy) is 2. The number of aliphatic hydroxyl groups is 1. The molecule has 0 bridgehead atoms. The van der Waals surface area contributed by atoms with Gasteiger partial charge in [-0.25, -0.2) is 0 Å². The molecule has 1 amide bonds. The number of phosphoric ester groups is 2. The van der Waals surface area contributed by atoms with Crippen molar-refractivity contribution in [3.8, 4) is 0 Å². The van der Waals surface area contributed by atoms with E-state index in [1.807, 2.05) is 0 Å². The maximum absolute atomic E-state index is 12.8. The second-order valence-corrected chi connectivity index (χ2v) is 12.9. The molecule has 248 valence electrons. The molecule has 1 saturated heterocycles.